The van der Waals surface area contributed by atoms with Crippen molar-refractivity contribution in [1.82, 2.24) is 10.2 Å². The molecule has 0 saturated heterocycles. The van der Waals surface area contributed by atoms with Crippen LogP contribution in [0.25, 0.3) is 0 Å². The average molecular weight is 444 g/mol. The first-order valence-corrected chi connectivity index (χ1v) is 9.71. The van der Waals surface area contributed by atoms with E-state index in [1.54, 1.807) is 43.3 Å². The lowest BCUT2D eigenvalue weighted by Gasteiger charge is -2.29. The summed E-state index contributed by atoms with van der Waals surface area (Å²) in [5.74, 6) is -0.169. The van der Waals surface area contributed by atoms with E-state index >= 15 is 0 Å². The van der Waals surface area contributed by atoms with Gasteiger partial charge in [-0.2, -0.15) is 0 Å². The molecule has 0 aliphatic heterocycles. The van der Waals surface area contributed by atoms with Crippen LogP contribution in [0.1, 0.15) is 18.1 Å². The zero-order valence-corrected chi connectivity index (χ0v) is 18.0. The van der Waals surface area contributed by atoms with Crippen LogP contribution in [0.3, 0.4) is 0 Å². The number of likely N-dealkylation sites (N-methyl/N-ethyl adjacent to an activating group) is 1. The molecule has 8 heteroatoms. The Labute approximate surface area is 179 Å². The molecule has 150 valence electrons. The molecule has 2 aromatic carbocycles. The van der Waals surface area contributed by atoms with Gasteiger partial charge in [-0.15, -0.1) is 0 Å². The molecule has 0 saturated carbocycles. The molecule has 2 rings (SSSR count). The van der Waals surface area contributed by atoms with Gasteiger partial charge in [-0.05, 0) is 49.7 Å². The molecule has 2 aromatic rings. The zero-order chi connectivity index (χ0) is 20.8. The summed E-state index contributed by atoms with van der Waals surface area (Å²) in [7, 11) is 1.51. The summed E-state index contributed by atoms with van der Waals surface area (Å²) < 4.78 is 5.60. The number of hydrogen-bond acceptors (Lipinski definition) is 3. The standard InChI is InChI=1S/C20H21Cl3N2O3/c1-12-9-14(7-8-16(12)21)28-11-19(26)25(13(2)20(27)24-3)10-15-17(22)5-4-6-18(15)23/h4-9,13H,10-11H2,1-3H3,(H,24,27)/t13-/m1/s1. The highest BCUT2D eigenvalue weighted by molar-refractivity contribution is 6.36. The van der Waals surface area contributed by atoms with E-state index in [9.17, 15) is 9.59 Å². The second-order valence-electron chi connectivity index (χ2n) is 6.21. The summed E-state index contributed by atoms with van der Waals surface area (Å²) >= 11 is 18.5. The number of amides is 2. The summed E-state index contributed by atoms with van der Waals surface area (Å²) in [5.41, 5.74) is 1.40. The number of halogens is 3. The number of nitrogens with zero attached hydrogens (tertiary/aromatic N) is 1. The molecule has 0 radical (unpaired) electrons. The molecule has 0 aliphatic rings. The maximum absolute atomic E-state index is 12.9. The van der Waals surface area contributed by atoms with Gasteiger partial charge < -0.3 is 15.0 Å². The van der Waals surface area contributed by atoms with Crippen LogP contribution >= 0.6 is 34.8 Å². The van der Waals surface area contributed by atoms with Crippen molar-refractivity contribution in [3.8, 4) is 5.75 Å². The van der Waals surface area contributed by atoms with Gasteiger partial charge in [-0.25, -0.2) is 0 Å². The van der Waals surface area contributed by atoms with Crippen molar-refractivity contribution < 1.29 is 14.3 Å². The molecular weight excluding hydrogens is 423 g/mol. The van der Waals surface area contributed by atoms with E-state index in [2.05, 4.69) is 5.32 Å². The fourth-order valence-corrected chi connectivity index (χ4v) is 3.21. The minimum atomic E-state index is -0.736. The molecule has 28 heavy (non-hydrogen) atoms. The normalized spacial score (nSPS) is 11.6. The van der Waals surface area contributed by atoms with Crippen molar-refractivity contribution in [3.05, 3.63) is 62.6 Å². The number of ether oxygens (including phenoxy) is 1. The fourth-order valence-electron chi connectivity index (χ4n) is 2.58. The minimum absolute atomic E-state index is 0.0783. The summed E-state index contributed by atoms with van der Waals surface area (Å²) in [4.78, 5) is 26.4. The van der Waals surface area contributed by atoms with Crippen LogP contribution in [-0.2, 0) is 16.1 Å². The number of benzene rings is 2. The maximum Gasteiger partial charge on any atom is 0.261 e. The van der Waals surface area contributed by atoms with Crippen LogP contribution in [-0.4, -0.2) is 36.4 Å². The highest BCUT2D eigenvalue weighted by Gasteiger charge is 2.27. The number of rotatable bonds is 7. The second kappa shape index (κ2) is 10.0. The summed E-state index contributed by atoms with van der Waals surface area (Å²) in [6.45, 7) is 3.31. The van der Waals surface area contributed by atoms with Gasteiger partial charge in [-0.3, -0.25) is 9.59 Å². The molecule has 0 spiro atoms. The van der Waals surface area contributed by atoms with Gasteiger partial charge in [0.25, 0.3) is 5.91 Å². The minimum Gasteiger partial charge on any atom is -0.484 e. The smallest absolute Gasteiger partial charge is 0.261 e. The topological polar surface area (TPSA) is 58.6 Å². The van der Waals surface area contributed by atoms with Crippen LogP contribution in [0.15, 0.2) is 36.4 Å². The predicted molar refractivity (Wildman–Crippen MR) is 112 cm³/mol. The number of carbonyl (C=O) groups excluding carboxylic acids is 2. The molecule has 1 atom stereocenters. The first kappa shape index (κ1) is 22.3. The molecule has 0 heterocycles. The Kier molecular flexibility index (Phi) is 7.98. The van der Waals surface area contributed by atoms with Crippen LogP contribution in [0.4, 0.5) is 0 Å². The number of carbonyl (C=O) groups is 2. The van der Waals surface area contributed by atoms with Gasteiger partial charge in [0.15, 0.2) is 6.61 Å². The van der Waals surface area contributed by atoms with E-state index in [0.717, 1.165) is 5.56 Å². The Bertz CT molecular complexity index is 854. The van der Waals surface area contributed by atoms with Crippen molar-refractivity contribution in [1.29, 1.82) is 0 Å². The van der Waals surface area contributed by atoms with Gasteiger partial charge >= 0.3 is 0 Å². The Morgan fingerprint density at radius 2 is 1.75 bits per heavy atom. The molecule has 0 bridgehead atoms. The van der Waals surface area contributed by atoms with E-state index in [1.165, 1.54) is 11.9 Å². The zero-order valence-electron chi connectivity index (χ0n) is 15.8. The number of aryl methyl sites for hydroxylation is 1. The average Bonchev–Trinajstić information content (AvgIpc) is 2.67. The van der Waals surface area contributed by atoms with Crippen LogP contribution < -0.4 is 10.1 Å². The third-order valence-corrected chi connectivity index (χ3v) is 5.43. The van der Waals surface area contributed by atoms with Gasteiger partial charge in [0.05, 0.1) is 0 Å². The van der Waals surface area contributed by atoms with Crippen LogP contribution in [0.5, 0.6) is 5.75 Å². The van der Waals surface area contributed by atoms with Crippen LogP contribution in [0.2, 0.25) is 15.1 Å². The van der Waals surface area contributed by atoms with Gasteiger partial charge in [0.1, 0.15) is 11.8 Å². The molecule has 0 aliphatic carbocycles. The first-order valence-electron chi connectivity index (χ1n) is 8.57. The van der Waals surface area contributed by atoms with E-state index in [1.807, 2.05) is 6.92 Å². The summed E-state index contributed by atoms with van der Waals surface area (Å²) in [6, 6.07) is 9.47. The number of nitrogens with one attached hydrogen (secondary N) is 1. The lowest BCUT2D eigenvalue weighted by Crippen LogP contribution is -2.48. The molecule has 2 amide bonds. The Morgan fingerprint density at radius 3 is 2.32 bits per heavy atom. The van der Waals surface area contributed by atoms with E-state index < -0.39 is 6.04 Å². The van der Waals surface area contributed by atoms with Crippen molar-refractivity contribution in [2.45, 2.75) is 26.4 Å². The third kappa shape index (κ3) is 5.53. The summed E-state index contributed by atoms with van der Waals surface area (Å²) in [6.07, 6.45) is 0. The summed E-state index contributed by atoms with van der Waals surface area (Å²) in [5, 5.41) is 4.00. The molecule has 5 nitrogen and oxygen atoms in total. The molecule has 0 unspecified atom stereocenters. The quantitative estimate of drug-likeness (QED) is 0.685. The predicted octanol–water partition coefficient (Wildman–Crippen LogP) is 4.50. The highest BCUT2D eigenvalue weighted by Crippen LogP contribution is 2.27. The van der Waals surface area contributed by atoms with Gasteiger partial charge in [0.2, 0.25) is 5.91 Å². The number of hydrogen-bond donors (Lipinski definition) is 1. The van der Waals surface area contributed by atoms with Crippen molar-refractivity contribution in [2.24, 2.45) is 0 Å². The lowest BCUT2D eigenvalue weighted by atomic mass is 10.1. The highest BCUT2D eigenvalue weighted by atomic mass is 35.5. The Morgan fingerprint density at radius 1 is 1.11 bits per heavy atom. The van der Waals surface area contributed by atoms with Crippen molar-refractivity contribution in [2.75, 3.05) is 13.7 Å². The van der Waals surface area contributed by atoms with E-state index in [-0.39, 0.29) is 25.0 Å². The molecular formula is C20H21Cl3N2O3. The van der Waals surface area contributed by atoms with Crippen molar-refractivity contribution in [3.63, 3.8) is 0 Å². The SMILES string of the molecule is CNC(=O)[C@@H](C)N(Cc1c(Cl)cccc1Cl)C(=O)COc1ccc(Cl)c(C)c1. The Hall–Kier alpha value is -1.95. The maximum atomic E-state index is 12.9. The van der Waals surface area contributed by atoms with Gasteiger partial charge in [-0.1, -0.05) is 40.9 Å². The van der Waals surface area contributed by atoms with E-state index in [0.29, 0.717) is 26.4 Å². The van der Waals surface area contributed by atoms with E-state index in [4.69, 9.17) is 39.5 Å². The monoisotopic (exact) mass is 442 g/mol. The van der Waals surface area contributed by atoms with Gasteiger partial charge in [0, 0.05) is 34.2 Å². The molecule has 0 aromatic heterocycles. The molecule has 0 fully saturated rings. The largest absolute Gasteiger partial charge is 0.484 e. The van der Waals surface area contributed by atoms with Crippen LogP contribution in [0, 0.1) is 6.92 Å². The lowest BCUT2D eigenvalue weighted by molar-refractivity contribution is -0.142. The third-order valence-electron chi connectivity index (χ3n) is 4.30. The Balaban J connectivity index is 2.21. The van der Waals surface area contributed by atoms with Crippen molar-refractivity contribution >= 4 is 46.6 Å². The second-order valence-corrected chi connectivity index (χ2v) is 7.43. The fraction of sp³-hybridized carbons (Fsp3) is 0.300. The molecule has 1 N–H and O–H groups in total. The first-order chi connectivity index (χ1) is 13.2.